The molecule has 0 atom stereocenters. The van der Waals surface area contributed by atoms with Crippen LogP contribution in [0.4, 0.5) is 9.52 Å². The second kappa shape index (κ2) is 7.87. The minimum atomic E-state index is -3.52. The van der Waals surface area contributed by atoms with Crippen molar-refractivity contribution in [1.29, 1.82) is 0 Å². The number of aromatic nitrogens is 1. The number of anilines is 1. The number of thiazole rings is 1. The predicted octanol–water partition coefficient (Wildman–Crippen LogP) is 3.97. The molecule has 4 rings (SSSR count). The highest BCUT2D eigenvalue weighted by molar-refractivity contribution is 7.91. The van der Waals surface area contributed by atoms with Gasteiger partial charge in [0, 0.05) is 19.6 Å². The maximum atomic E-state index is 13.5. The van der Waals surface area contributed by atoms with Gasteiger partial charge in [-0.3, -0.25) is 4.79 Å². The molecule has 3 aromatic rings. The van der Waals surface area contributed by atoms with Gasteiger partial charge in [0.25, 0.3) is 5.91 Å². The highest BCUT2D eigenvalue weighted by Crippen LogP contribution is 2.33. The van der Waals surface area contributed by atoms with Crippen LogP contribution in [-0.2, 0) is 9.84 Å². The van der Waals surface area contributed by atoms with Crippen molar-refractivity contribution in [1.82, 2.24) is 9.88 Å². The molecule has 1 saturated heterocycles. The molecule has 31 heavy (non-hydrogen) atoms. The van der Waals surface area contributed by atoms with Crippen molar-refractivity contribution < 1.29 is 17.6 Å². The number of fused-ring (bicyclic) bond motifs is 1. The first-order chi connectivity index (χ1) is 14.6. The van der Waals surface area contributed by atoms with Gasteiger partial charge >= 0.3 is 0 Å². The summed E-state index contributed by atoms with van der Waals surface area (Å²) in [6, 6.07) is 10.9. The first-order valence-electron chi connectivity index (χ1n) is 10.1. The number of sulfone groups is 1. The lowest BCUT2D eigenvalue weighted by Gasteiger charge is -2.47. The number of benzene rings is 2. The third-order valence-electron chi connectivity index (χ3n) is 5.59. The van der Waals surface area contributed by atoms with E-state index < -0.39 is 15.4 Å². The average Bonchev–Trinajstić information content (AvgIpc) is 3.16. The second-order valence-electron chi connectivity index (χ2n) is 8.20. The second-order valence-corrected chi connectivity index (χ2v) is 11.5. The number of halogens is 1. The molecule has 9 heteroatoms. The Labute approximate surface area is 185 Å². The summed E-state index contributed by atoms with van der Waals surface area (Å²) in [6.07, 6.45) is 0. The zero-order valence-electron chi connectivity index (χ0n) is 17.6. The van der Waals surface area contributed by atoms with E-state index in [1.54, 1.807) is 36.1 Å². The number of hydrogen-bond acceptors (Lipinski definition) is 6. The monoisotopic (exact) mass is 461 g/mol. The van der Waals surface area contributed by atoms with Crippen LogP contribution in [0.15, 0.2) is 47.4 Å². The van der Waals surface area contributed by atoms with Gasteiger partial charge in [0.1, 0.15) is 5.82 Å². The number of piperazine rings is 1. The lowest BCUT2D eigenvalue weighted by atomic mass is 9.97. The van der Waals surface area contributed by atoms with Gasteiger partial charge in [0.05, 0.1) is 32.0 Å². The van der Waals surface area contributed by atoms with Gasteiger partial charge in [-0.2, -0.15) is 0 Å². The van der Waals surface area contributed by atoms with Gasteiger partial charge in [0.15, 0.2) is 15.0 Å². The third-order valence-corrected chi connectivity index (χ3v) is 8.45. The highest BCUT2D eigenvalue weighted by Gasteiger charge is 2.39. The summed E-state index contributed by atoms with van der Waals surface area (Å²) in [4.78, 5) is 21.9. The van der Waals surface area contributed by atoms with Crippen LogP contribution in [0.2, 0.25) is 0 Å². The fraction of sp³-hybridized carbons (Fsp3) is 0.364. The van der Waals surface area contributed by atoms with E-state index in [-0.39, 0.29) is 27.9 Å². The van der Waals surface area contributed by atoms with Gasteiger partial charge in [-0.15, -0.1) is 0 Å². The van der Waals surface area contributed by atoms with Crippen molar-refractivity contribution in [2.45, 2.75) is 31.2 Å². The van der Waals surface area contributed by atoms with Crippen LogP contribution in [-0.4, -0.2) is 55.1 Å². The van der Waals surface area contributed by atoms with E-state index in [4.69, 9.17) is 0 Å². The number of carbonyl (C=O) groups excluding carboxylic acids is 1. The summed E-state index contributed by atoms with van der Waals surface area (Å²) in [5, 5.41) is 0.787. The van der Waals surface area contributed by atoms with E-state index in [1.165, 1.54) is 29.5 Å². The topological polar surface area (TPSA) is 70.6 Å². The molecule has 6 nitrogen and oxygen atoms in total. The van der Waals surface area contributed by atoms with Crippen molar-refractivity contribution in [2.24, 2.45) is 0 Å². The molecule has 0 saturated carbocycles. The van der Waals surface area contributed by atoms with Gasteiger partial charge in [0.2, 0.25) is 0 Å². The minimum absolute atomic E-state index is 0.0628. The number of amides is 1. The summed E-state index contributed by atoms with van der Waals surface area (Å²) in [6.45, 7) is 7.01. The van der Waals surface area contributed by atoms with Crippen LogP contribution in [0.25, 0.3) is 10.2 Å². The van der Waals surface area contributed by atoms with Crippen LogP contribution in [0.5, 0.6) is 0 Å². The smallest absolute Gasteiger partial charge is 0.255 e. The molecular formula is C22H24FN3O3S2. The van der Waals surface area contributed by atoms with Crippen molar-refractivity contribution in [2.75, 3.05) is 30.3 Å². The molecular weight excluding hydrogens is 437 g/mol. The Balaban J connectivity index is 1.61. The maximum Gasteiger partial charge on any atom is 0.255 e. The van der Waals surface area contributed by atoms with Crippen molar-refractivity contribution in [3.63, 3.8) is 0 Å². The fourth-order valence-corrected chi connectivity index (χ4v) is 6.03. The van der Waals surface area contributed by atoms with Gasteiger partial charge in [-0.05, 0) is 44.2 Å². The Bertz CT molecular complexity index is 1250. The summed E-state index contributed by atoms with van der Waals surface area (Å²) in [5.41, 5.74) is 0.402. The van der Waals surface area contributed by atoms with Crippen molar-refractivity contribution in [3.05, 3.63) is 53.8 Å². The van der Waals surface area contributed by atoms with Gasteiger partial charge in [-0.25, -0.2) is 17.8 Å². The van der Waals surface area contributed by atoms with Crippen LogP contribution < -0.4 is 4.90 Å². The van der Waals surface area contributed by atoms with E-state index >= 15 is 0 Å². The Kier molecular flexibility index (Phi) is 5.51. The molecule has 2 heterocycles. The van der Waals surface area contributed by atoms with E-state index in [0.29, 0.717) is 19.6 Å². The lowest BCUT2D eigenvalue weighted by molar-refractivity contribution is 0.0510. The number of carbonyl (C=O) groups is 1. The van der Waals surface area contributed by atoms with E-state index in [0.717, 1.165) is 15.3 Å². The summed E-state index contributed by atoms with van der Waals surface area (Å²) < 4.78 is 39.3. The summed E-state index contributed by atoms with van der Waals surface area (Å²) in [7, 11) is -3.52. The molecule has 164 valence electrons. The molecule has 2 aromatic carbocycles. The lowest BCUT2D eigenvalue weighted by Crippen LogP contribution is -2.61. The molecule has 0 spiro atoms. The largest absolute Gasteiger partial charge is 0.344 e. The molecule has 0 radical (unpaired) electrons. The number of rotatable bonds is 4. The molecule has 1 aliphatic heterocycles. The Morgan fingerprint density at radius 1 is 1.19 bits per heavy atom. The van der Waals surface area contributed by atoms with Crippen LogP contribution >= 0.6 is 11.3 Å². The predicted molar refractivity (Wildman–Crippen MR) is 121 cm³/mol. The standard InChI is InChI=1S/C22H24FN3O3S2/c1-4-31(28,29)19-8-6-5-7-16(19)20(27)26-12-11-25(14-22(26,2)3)21-24-17-10-9-15(23)13-18(17)30-21/h5-10,13H,4,11-12,14H2,1-3H3. The molecule has 1 amide bonds. The van der Waals surface area contributed by atoms with E-state index in [2.05, 4.69) is 9.88 Å². The van der Waals surface area contributed by atoms with Crippen LogP contribution in [0.1, 0.15) is 31.1 Å². The van der Waals surface area contributed by atoms with Crippen LogP contribution in [0.3, 0.4) is 0 Å². The minimum Gasteiger partial charge on any atom is -0.344 e. The summed E-state index contributed by atoms with van der Waals surface area (Å²) in [5.74, 6) is -0.644. The Hall–Kier alpha value is -2.52. The van der Waals surface area contributed by atoms with Crippen molar-refractivity contribution >= 4 is 42.4 Å². The maximum absolute atomic E-state index is 13.5. The zero-order chi connectivity index (χ0) is 22.4. The molecule has 0 aliphatic carbocycles. The van der Waals surface area contributed by atoms with Gasteiger partial charge in [-0.1, -0.05) is 30.4 Å². The zero-order valence-corrected chi connectivity index (χ0v) is 19.3. The highest BCUT2D eigenvalue weighted by atomic mass is 32.2. The molecule has 0 unspecified atom stereocenters. The van der Waals surface area contributed by atoms with Crippen LogP contribution in [0, 0.1) is 5.82 Å². The molecule has 0 N–H and O–H groups in total. The van der Waals surface area contributed by atoms with Crippen molar-refractivity contribution in [3.8, 4) is 0 Å². The summed E-state index contributed by atoms with van der Waals surface area (Å²) >= 11 is 1.43. The molecule has 1 fully saturated rings. The fourth-order valence-electron chi connectivity index (χ4n) is 3.93. The Morgan fingerprint density at radius 2 is 1.94 bits per heavy atom. The number of nitrogens with zero attached hydrogens (tertiary/aromatic N) is 3. The SMILES string of the molecule is CCS(=O)(=O)c1ccccc1C(=O)N1CCN(c2nc3ccc(F)cc3s2)CC1(C)C. The quantitative estimate of drug-likeness (QED) is 0.588. The van der Waals surface area contributed by atoms with E-state index in [9.17, 15) is 17.6 Å². The first kappa shape index (κ1) is 21.7. The average molecular weight is 462 g/mol. The Morgan fingerprint density at radius 3 is 2.65 bits per heavy atom. The van der Waals surface area contributed by atoms with Gasteiger partial charge < -0.3 is 9.80 Å². The third kappa shape index (κ3) is 4.04. The molecule has 1 aromatic heterocycles. The molecule has 0 bridgehead atoms. The molecule has 1 aliphatic rings. The first-order valence-corrected chi connectivity index (χ1v) is 12.5. The van der Waals surface area contributed by atoms with E-state index in [1.807, 2.05) is 13.8 Å². The normalized spacial score (nSPS) is 16.6. The number of hydrogen-bond donors (Lipinski definition) is 0.